The van der Waals surface area contributed by atoms with Crippen molar-refractivity contribution in [2.75, 3.05) is 19.4 Å². The second kappa shape index (κ2) is 8.39. The van der Waals surface area contributed by atoms with E-state index in [1.54, 1.807) is 10.9 Å². The number of anilines is 1. The number of carbonyl (C=O) groups is 1. The molecule has 0 radical (unpaired) electrons. The number of benzene rings is 1. The van der Waals surface area contributed by atoms with Gasteiger partial charge >= 0.3 is 0 Å². The zero-order valence-electron chi connectivity index (χ0n) is 18.6. The van der Waals surface area contributed by atoms with Crippen molar-refractivity contribution in [1.82, 2.24) is 34.6 Å². The van der Waals surface area contributed by atoms with Crippen molar-refractivity contribution in [1.29, 1.82) is 0 Å². The van der Waals surface area contributed by atoms with Gasteiger partial charge in [-0.3, -0.25) is 9.36 Å². The zero-order valence-corrected chi connectivity index (χ0v) is 18.6. The number of aliphatic hydroxyl groups excluding tert-OH is 1. The Morgan fingerprint density at radius 2 is 1.97 bits per heavy atom. The Bertz CT molecular complexity index is 1390. The number of nitrogens with one attached hydrogen (secondary N) is 1. The molecule has 2 saturated heterocycles. The minimum atomic E-state index is -0.683. The fraction of sp³-hybridized carbons (Fsp3) is 0.318. The van der Waals surface area contributed by atoms with Gasteiger partial charge in [0.2, 0.25) is 0 Å². The van der Waals surface area contributed by atoms with Crippen molar-refractivity contribution in [3.05, 3.63) is 60.2 Å². The SMILES string of the molecule is CNC(=O)c1cnn(-c2nc(N)c3ncn([C@@H]4O[C@H](CO)[C@@H]5OC(c6ccccc6)OC54)c3n2)c1. The first-order valence-corrected chi connectivity index (χ1v) is 11.0. The first kappa shape index (κ1) is 21.6. The minimum Gasteiger partial charge on any atom is -0.394 e. The summed E-state index contributed by atoms with van der Waals surface area (Å²) in [4.78, 5) is 25.2. The number of nitrogens with two attached hydrogens (primary N) is 1. The minimum absolute atomic E-state index is 0.139. The molecule has 13 nitrogen and oxygen atoms in total. The van der Waals surface area contributed by atoms with Crippen LogP contribution in [-0.4, -0.2) is 72.3 Å². The Labute approximate surface area is 198 Å². The molecule has 1 amide bonds. The van der Waals surface area contributed by atoms with Crippen molar-refractivity contribution < 1.29 is 24.1 Å². The lowest BCUT2D eigenvalue weighted by Crippen LogP contribution is -2.30. The molecule has 4 N–H and O–H groups in total. The van der Waals surface area contributed by atoms with E-state index in [-0.39, 0.29) is 24.3 Å². The predicted molar refractivity (Wildman–Crippen MR) is 120 cm³/mol. The van der Waals surface area contributed by atoms with Crippen LogP contribution in [0.5, 0.6) is 0 Å². The first-order valence-electron chi connectivity index (χ1n) is 11.0. The van der Waals surface area contributed by atoms with Crippen LogP contribution in [0, 0.1) is 0 Å². The smallest absolute Gasteiger partial charge is 0.254 e. The van der Waals surface area contributed by atoms with Crippen molar-refractivity contribution in [3.8, 4) is 5.95 Å². The fourth-order valence-corrected chi connectivity index (χ4v) is 4.38. The highest BCUT2D eigenvalue weighted by molar-refractivity contribution is 5.93. The van der Waals surface area contributed by atoms with E-state index >= 15 is 0 Å². The highest BCUT2D eigenvalue weighted by Crippen LogP contribution is 2.44. The maximum Gasteiger partial charge on any atom is 0.254 e. The summed E-state index contributed by atoms with van der Waals surface area (Å²) in [5, 5.41) is 16.6. The van der Waals surface area contributed by atoms with Gasteiger partial charge in [-0.25, -0.2) is 9.67 Å². The van der Waals surface area contributed by atoms with E-state index in [1.807, 2.05) is 30.3 Å². The molecular weight excluding hydrogens is 456 g/mol. The van der Waals surface area contributed by atoms with Gasteiger partial charge < -0.3 is 30.4 Å². The Morgan fingerprint density at radius 1 is 1.17 bits per heavy atom. The van der Waals surface area contributed by atoms with Crippen molar-refractivity contribution in [2.45, 2.75) is 30.8 Å². The number of rotatable bonds is 5. The van der Waals surface area contributed by atoms with E-state index in [4.69, 9.17) is 19.9 Å². The molecule has 2 aliphatic heterocycles. The number of fused-ring (bicyclic) bond motifs is 2. The molecule has 5 atom stereocenters. The highest BCUT2D eigenvalue weighted by atomic mass is 16.8. The number of aliphatic hydroxyl groups is 1. The summed E-state index contributed by atoms with van der Waals surface area (Å²) in [6, 6.07) is 9.56. The number of hydrogen-bond donors (Lipinski definition) is 3. The lowest BCUT2D eigenvalue weighted by Gasteiger charge is -2.20. The quantitative estimate of drug-likeness (QED) is 0.364. The highest BCUT2D eigenvalue weighted by Gasteiger charge is 2.53. The van der Waals surface area contributed by atoms with Gasteiger partial charge in [0.05, 0.1) is 24.7 Å². The lowest BCUT2D eigenvalue weighted by atomic mass is 10.1. The molecule has 2 aliphatic rings. The van der Waals surface area contributed by atoms with Crippen LogP contribution in [0.4, 0.5) is 5.82 Å². The first-order chi connectivity index (χ1) is 17.1. The molecule has 2 unspecified atom stereocenters. The number of ether oxygens (including phenoxy) is 3. The topological polar surface area (TPSA) is 164 Å². The maximum atomic E-state index is 11.9. The second-order valence-electron chi connectivity index (χ2n) is 8.18. The van der Waals surface area contributed by atoms with E-state index in [0.717, 1.165) is 5.56 Å². The molecule has 0 aliphatic carbocycles. The van der Waals surface area contributed by atoms with Crippen molar-refractivity contribution >= 4 is 22.9 Å². The molecule has 5 heterocycles. The summed E-state index contributed by atoms with van der Waals surface area (Å²) in [5.74, 6) is 0.00722. The Balaban J connectivity index is 1.37. The standard InChI is InChI=1S/C22H22N8O5/c1-24-19(32)12-7-26-30(8-12)22-27-17(23)14-18(28-22)29(10-25-14)20-16-15(13(9-31)33-20)34-21(35-16)11-5-3-2-4-6-11/h2-8,10,13,15-16,20-21,31H,9H2,1H3,(H,24,32)(H2,23,27,28)/t13-,15+,16?,20-,21?/m1/s1. The molecule has 180 valence electrons. The van der Waals surface area contributed by atoms with Gasteiger partial charge in [-0.15, -0.1) is 0 Å². The number of amides is 1. The van der Waals surface area contributed by atoms with Crippen LogP contribution in [0.3, 0.4) is 0 Å². The van der Waals surface area contributed by atoms with Crippen molar-refractivity contribution in [2.24, 2.45) is 0 Å². The number of imidazole rings is 1. The van der Waals surface area contributed by atoms with Gasteiger partial charge in [0.1, 0.15) is 23.8 Å². The van der Waals surface area contributed by atoms with E-state index in [9.17, 15) is 9.90 Å². The molecule has 3 aromatic heterocycles. The number of carbonyl (C=O) groups excluding carboxylic acids is 1. The van der Waals surface area contributed by atoms with Crippen LogP contribution in [0.1, 0.15) is 28.4 Å². The van der Waals surface area contributed by atoms with Gasteiger partial charge in [0.15, 0.2) is 24.0 Å². The largest absolute Gasteiger partial charge is 0.394 e. The van der Waals surface area contributed by atoms with Gasteiger partial charge in [-0.1, -0.05) is 30.3 Å². The van der Waals surface area contributed by atoms with Crippen LogP contribution in [0.25, 0.3) is 17.1 Å². The van der Waals surface area contributed by atoms with Crippen LogP contribution < -0.4 is 11.1 Å². The normalized spacial score (nSPS) is 25.7. The molecule has 6 rings (SSSR count). The summed E-state index contributed by atoms with van der Waals surface area (Å²) < 4.78 is 21.5. The summed E-state index contributed by atoms with van der Waals surface area (Å²) in [7, 11) is 1.53. The van der Waals surface area contributed by atoms with E-state index < -0.39 is 30.8 Å². The Morgan fingerprint density at radius 3 is 2.74 bits per heavy atom. The molecule has 0 bridgehead atoms. The average Bonchev–Trinajstić information content (AvgIpc) is 3.67. The molecule has 2 fully saturated rings. The third-order valence-electron chi connectivity index (χ3n) is 6.09. The van der Waals surface area contributed by atoms with Gasteiger partial charge in [0, 0.05) is 18.8 Å². The Kier molecular flexibility index (Phi) is 5.18. The third kappa shape index (κ3) is 3.52. The van der Waals surface area contributed by atoms with Crippen LogP contribution in [-0.2, 0) is 14.2 Å². The predicted octanol–water partition coefficient (Wildman–Crippen LogP) is 0.326. The summed E-state index contributed by atoms with van der Waals surface area (Å²) in [6.45, 7) is -0.243. The van der Waals surface area contributed by atoms with E-state index in [2.05, 4.69) is 25.4 Å². The van der Waals surface area contributed by atoms with Gasteiger partial charge in [-0.2, -0.15) is 15.1 Å². The fourth-order valence-electron chi connectivity index (χ4n) is 4.38. The molecular formula is C22H22N8O5. The van der Waals surface area contributed by atoms with Gasteiger partial charge in [0.25, 0.3) is 11.9 Å². The van der Waals surface area contributed by atoms with Crippen LogP contribution >= 0.6 is 0 Å². The van der Waals surface area contributed by atoms with E-state index in [1.165, 1.54) is 24.1 Å². The Hall–Kier alpha value is -3.91. The van der Waals surface area contributed by atoms with Crippen molar-refractivity contribution in [3.63, 3.8) is 0 Å². The number of nitrogen functional groups attached to an aromatic ring is 1. The molecule has 1 aromatic carbocycles. The molecule has 13 heteroatoms. The molecule has 4 aromatic rings. The molecule has 35 heavy (non-hydrogen) atoms. The summed E-state index contributed by atoms with van der Waals surface area (Å²) in [5.41, 5.74) is 8.15. The lowest BCUT2D eigenvalue weighted by molar-refractivity contribution is -0.153. The molecule has 0 saturated carbocycles. The average molecular weight is 478 g/mol. The zero-order chi connectivity index (χ0) is 24.1. The summed E-state index contributed by atoms with van der Waals surface area (Å²) in [6.07, 6.45) is 1.55. The summed E-state index contributed by atoms with van der Waals surface area (Å²) >= 11 is 0. The number of hydrogen-bond acceptors (Lipinski definition) is 10. The van der Waals surface area contributed by atoms with Gasteiger partial charge in [-0.05, 0) is 0 Å². The number of aromatic nitrogens is 6. The molecule has 0 spiro atoms. The number of nitrogens with zero attached hydrogens (tertiary/aromatic N) is 6. The van der Waals surface area contributed by atoms with E-state index in [0.29, 0.717) is 16.7 Å². The second-order valence-corrected chi connectivity index (χ2v) is 8.18. The third-order valence-corrected chi connectivity index (χ3v) is 6.09. The monoisotopic (exact) mass is 478 g/mol. The van der Waals surface area contributed by atoms with Crippen LogP contribution in [0.2, 0.25) is 0 Å². The maximum absolute atomic E-state index is 11.9. The van der Waals surface area contributed by atoms with Crippen LogP contribution in [0.15, 0.2) is 49.1 Å².